The number of carbonyl (C=O) groups excluding carboxylic acids is 1. The first kappa shape index (κ1) is 12.5. The molecule has 0 aromatic heterocycles. The van der Waals surface area contributed by atoms with E-state index in [0.717, 1.165) is 0 Å². The number of hydrogen-bond donors (Lipinski definition) is 1. The minimum Gasteiger partial charge on any atom is -0.474 e. The Balaban J connectivity index is 2.28. The van der Waals surface area contributed by atoms with E-state index in [9.17, 15) is 4.79 Å². The van der Waals surface area contributed by atoms with Crippen molar-refractivity contribution >= 4 is 17.5 Å². The zero-order chi connectivity index (χ0) is 13.0. The van der Waals surface area contributed by atoms with E-state index < -0.39 is 12.0 Å². The number of nitrogens with two attached hydrogens (primary N) is 1. The molecule has 92 valence electrons. The summed E-state index contributed by atoms with van der Waals surface area (Å²) in [5.74, 6) is -0.118. The van der Waals surface area contributed by atoms with Gasteiger partial charge in [0.1, 0.15) is 5.75 Å². The van der Waals surface area contributed by atoms with Crippen LogP contribution in [0.2, 0.25) is 5.02 Å². The van der Waals surface area contributed by atoms with E-state index in [1.807, 2.05) is 18.2 Å². The van der Waals surface area contributed by atoms with E-state index in [1.165, 1.54) is 0 Å². The second kappa shape index (κ2) is 5.56. The predicted octanol–water partition coefficient (Wildman–Crippen LogP) is 2.95. The minimum absolute atomic E-state index is 0.437. The SMILES string of the molecule is NC(=O)C(Oc1ccccc1Cl)c1ccccc1. The lowest BCUT2D eigenvalue weighted by atomic mass is 10.1. The fourth-order valence-corrected chi connectivity index (χ4v) is 1.77. The summed E-state index contributed by atoms with van der Waals surface area (Å²) in [4.78, 5) is 11.5. The number of halogens is 1. The highest BCUT2D eigenvalue weighted by atomic mass is 35.5. The van der Waals surface area contributed by atoms with Crippen molar-refractivity contribution in [3.8, 4) is 5.75 Å². The molecule has 0 heterocycles. The average molecular weight is 262 g/mol. The number of ether oxygens (including phenoxy) is 1. The van der Waals surface area contributed by atoms with Crippen molar-refractivity contribution in [1.82, 2.24) is 0 Å². The lowest BCUT2D eigenvalue weighted by molar-refractivity contribution is -0.124. The lowest BCUT2D eigenvalue weighted by Crippen LogP contribution is -2.26. The summed E-state index contributed by atoms with van der Waals surface area (Å²) >= 11 is 5.98. The molecular formula is C14H12ClNO2. The van der Waals surface area contributed by atoms with Crippen LogP contribution in [0.5, 0.6) is 5.75 Å². The van der Waals surface area contributed by atoms with Crippen LogP contribution in [0.3, 0.4) is 0 Å². The van der Waals surface area contributed by atoms with Gasteiger partial charge in [0.25, 0.3) is 5.91 Å². The number of primary amides is 1. The van der Waals surface area contributed by atoms with Crippen molar-refractivity contribution in [2.75, 3.05) is 0 Å². The average Bonchev–Trinajstić information content (AvgIpc) is 2.38. The van der Waals surface area contributed by atoms with Gasteiger partial charge in [0.2, 0.25) is 6.10 Å². The maximum Gasteiger partial charge on any atom is 0.263 e. The van der Waals surface area contributed by atoms with Crippen LogP contribution >= 0.6 is 11.6 Å². The van der Waals surface area contributed by atoms with Crippen LogP contribution in [-0.4, -0.2) is 5.91 Å². The van der Waals surface area contributed by atoms with Crippen LogP contribution in [-0.2, 0) is 4.79 Å². The highest BCUT2D eigenvalue weighted by molar-refractivity contribution is 6.32. The van der Waals surface area contributed by atoms with Crippen LogP contribution < -0.4 is 10.5 Å². The quantitative estimate of drug-likeness (QED) is 0.920. The Morgan fingerprint density at radius 2 is 1.67 bits per heavy atom. The van der Waals surface area contributed by atoms with E-state index in [1.54, 1.807) is 36.4 Å². The number of rotatable bonds is 4. The summed E-state index contributed by atoms with van der Waals surface area (Å²) in [6.07, 6.45) is -0.842. The zero-order valence-electron chi connectivity index (χ0n) is 9.55. The molecule has 0 saturated heterocycles. The van der Waals surface area contributed by atoms with E-state index in [-0.39, 0.29) is 0 Å². The van der Waals surface area contributed by atoms with Crippen molar-refractivity contribution in [3.05, 3.63) is 65.2 Å². The van der Waals surface area contributed by atoms with Crippen LogP contribution in [0.25, 0.3) is 0 Å². The van der Waals surface area contributed by atoms with Gasteiger partial charge in [0, 0.05) is 5.56 Å². The van der Waals surface area contributed by atoms with Crippen molar-refractivity contribution in [2.24, 2.45) is 5.73 Å². The maximum absolute atomic E-state index is 11.5. The third kappa shape index (κ3) is 2.81. The summed E-state index contributed by atoms with van der Waals surface area (Å²) < 4.78 is 5.59. The molecule has 1 unspecified atom stereocenters. The summed E-state index contributed by atoms with van der Waals surface area (Å²) in [7, 11) is 0. The molecule has 18 heavy (non-hydrogen) atoms. The highest BCUT2D eigenvalue weighted by Crippen LogP contribution is 2.28. The molecule has 2 rings (SSSR count). The second-order valence-corrected chi connectivity index (χ2v) is 4.15. The smallest absolute Gasteiger partial charge is 0.263 e. The molecule has 0 aliphatic carbocycles. The molecule has 2 aromatic carbocycles. The summed E-state index contributed by atoms with van der Waals surface area (Å²) in [6.45, 7) is 0. The topological polar surface area (TPSA) is 52.3 Å². The van der Waals surface area contributed by atoms with Crippen LogP contribution in [0.15, 0.2) is 54.6 Å². The Morgan fingerprint density at radius 1 is 1.06 bits per heavy atom. The first-order valence-corrected chi connectivity index (χ1v) is 5.81. The fraction of sp³-hybridized carbons (Fsp3) is 0.0714. The van der Waals surface area contributed by atoms with Gasteiger partial charge in [0.15, 0.2) is 0 Å². The summed E-state index contributed by atoms with van der Waals surface area (Å²) in [5, 5.41) is 0.444. The van der Waals surface area contributed by atoms with Gasteiger partial charge in [-0.3, -0.25) is 4.79 Å². The second-order valence-electron chi connectivity index (χ2n) is 3.74. The normalized spacial score (nSPS) is 11.8. The van der Waals surface area contributed by atoms with Gasteiger partial charge in [-0.25, -0.2) is 0 Å². The first-order valence-electron chi connectivity index (χ1n) is 5.44. The third-order valence-corrected chi connectivity index (χ3v) is 2.75. The molecule has 0 radical (unpaired) electrons. The standard InChI is InChI=1S/C14H12ClNO2/c15-11-8-4-5-9-12(11)18-13(14(16)17)10-6-2-1-3-7-10/h1-9,13H,(H2,16,17). The van der Waals surface area contributed by atoms with E-state index in [4.69, 9.17) is 22.1 Å². The maximum atomic E-state index is 11.5. The van der Waals surface area contributed by atoms with Gasteiger partial charge in [-0.2, -0.15) is 0 Å². The van der Waals surface area contributed by atoms with Crippen molar-refractivity contribution in [1.29, 1.82) is 0 Å². The molecule has 0 fully saturated rings. The van der Waals surface area contributed by atoms with Crippen LogP contribution in [0.4, 0.5) is 0 Å². The minimum atomic E-state index is -0.842. The van der Waals surface area contributed by atoms with Crippen LogP contribution in [0, 0.1) is 0 Å². The molecule has 4 heteroatoms. The van der Waals surface area contributed by atoms with Gasteiger partial charge in [0.05, 0.1) is 5.02 Å². The number of benzene rings is 2. The molecule has 0 bridgehead atoms. The number of carbonyl (C=O) groups is 1. The molecule has 0 aliphatic heterocycles. The predicted molar refractivity (Wildman–Crippen MR) is 70.5 cm³/mol. The van der Waals surface area contributed by atoms with E-state index in [2.05, 4.69) is 0 Å². The Morgan fingerprint density at radius 3 is 2.28 bits per heavy atom. The van der Waals surface area contributed by atoms with Gasteiger partial charge in [-0.1, -0.05) is 54.1 Å². The number of para-hydroxylation sites is 1. The van der Waals surface area contributed by atoms with Gasteiger partial charge >= 0.3 is 0 Å². The van der Waals surface area contributed by atoms with E-state index >= 15 is 0 Å². The molecule has 2 aromatic rings. The van der Waals surface area contributed by atoms with Gasteiger partial charge in [-0.15, -0.1) is 0 Å². The molecule has 1 atom stereocenters. The highest BCUT2D eigenvalue weighted by Gasteiger charge is 2.20. The lowest BCUT2D eigenvalue weighted by Gasteiger charge is -2.17. The first-order chi connectivity index (χ1) is 8.68. The largest absolute Gasteiger partial charge is 0.474 e. The monoisotopic (exact) mass is 261 g/mol. The third-order valence-electron chi connectivity index (χ3n) is 2.44. The summed E-state index contributed by atoms with van der Waals surface area (Å²) in [5.41, 5.74) is 6.06. The molecule has 0 saturated carbocycles. The Hall–Kier alpha value is -2.00. The Labute approximate surface area is 110 Å². The van der Waals surface area contributed by atoms with E-state index in [0.29, 0.717) is 16.3 Å². The van der Waals surface area contributed by atoms with Crippen molar-refractivity contribution in [2.45, 2.75) is 6.10 Å². The number of hydrogen-bond acceptors (Lipinski definition) is 2. The summed E-state index contributed by atoms with van der Waals surface area (Å²) in [6, 6.07) is 16.0. The Bertz CT molecular complexity index is 543. The Kier molecular flexibility index (Phi) is 3.85. The van der Waals surface area contributed by atoms with Crippen molar-refractivity contribution < 1.29 is 9.53 Å². The van der Waals surface area contributed by atoms with Crippen molar-refractivity contribution in [3.63, 3.8) is 0 Å². The van der Waals surface area contributed by atoms with Crippen LogP contribution in [0.1, 0.15) is 11.7 Å². The zero-order valence-corrected chi connectivity index (χ0v) is 10.3. The number of amides is 1. The van der Waals surface area contributed by atoms with Gasteiger partial charge < -0.3 is 10.5 Å². The fourth-order valence-electron chi connectivity index (χ4n) is 1.59. The molecule has 0 aliphatic rings. The molecule has 1 amide bonds. The molecular weight excluding hydrogens is 250 g/mol. The van der Waals surface area contributed by atoms with Gasteiger partial charge in [-0.05, 0) is 12.1 Å². The molecule has 0 spiro atoms. The molecule has 3 nitrogen and oxygen atoms in total. The molecule has 2 N–H and O–H groups in total.